The predicted molar refractivity (Wildman–Crippen MR) is 102 cm³/mol. The smallest absolute Gasteiger partial charge is 0.311 e. The van der Waals surface area contributed by atoms with Crippen LogP contribution in [0.1, 0.15) is 35.6 Å². The van der Waals surface area contributed by atoms with E-state index in [0.717, 1.165) is 17.7 Å². The lowest BCUT2D eigenvalue weighted by Crippen LogP contribution is -2.27. The van der Waals surface area contributed by atoms with Crippen molar-refractivity contribution in [3.63, 3.8) is 0 Å². The second-order valence-electron chi connectivity index (χ2n) is 7.13. The first-order chi connectivity index (χ1) is 13.6. The lowest BCUT2D eigenvalue weighted by atomic mass is 9.82. The summed E-state index contributed by atoms with van der Waals surface area (Å²) in [5, 5.41) is 3.40. The Kier molecular flexibility index (Phi) is 5.22. The van der Waals surface area contributed by atoms with Crippen molar-refractivity contribution in [2.45, 2.75) is 25.3 Å². The zero-order chi connectivity index (χ0) is 19.7. The zero-order valence-electron chi connectivity index (χ0n) is 16.0. The summed E-state index contributed by atoms with van der Waals surface area (Å²) in [4.78, 5) is 12.8. The summed E-state index contributed by atoms with van der Waals surface area (Å²) >= 11 is 0. The summed E-state index contributed by atoms with van der Waals surface area (Å²) in [5.41, 5.74) is 2.95. The Balaban J connectivity index is 1.68. The van der Waals surface area contributed by atoms with Crippen LogP contribution in [0, 0.1) is 11.7 Å². The van der Waals surface area contributed by atoms with Gasteiger partial charge in [0.15, 0.2) is 11.6 Å². The summed E-state index contributed by atoms with van der Waals surface area (Å²) in [5.74, 6) is -0.105. The molecule has 2 aliphatic rings. The lowest BCUT2D eigenvalue weighted by molar-refractivity contribution is -0.148. The topological polar surface area (TPSA) is 56.8 Å². The van der Waals surface area contributed by atoms with Gasteiger partial charge < -0.3 is 19.5 Å². The lowest BCUT2D eigenvalue weighted by Gasteiger charge is -2.23. The van der Waals surface area contributed by atoms with Gasteiger partial charge in [-0.2, -0.15) is 0 Å². The molecule has 5 nitrogen and oxygen atoms in total. The Labute approximate surface area is 163 Å². The molecule has 2 aromatic rings. The SMILES string of the molecule is CCOC(=O)[C@@H]1[C@@H](c2ccc3c(c2)CCO3)CN[C@H]1c1ccc(OC)c(F)c1. The molecule has 1 fully saturated rings. The number of nitrogens with one attached hydrogen (secondary N) is 1. The third kappa shape index (κ3) is 3.33. The van der Waals surface area contributed by atoms with Crippen molar-refractivity contribution in [1.29, 1.82) is 0 Å². The minimum atomic E-state index is -0.442. The summed E-state index contributed by atoms with van der Waals surface area (Å²) in [6.07, 6.45) is 0.876. The van der Waals surface area contributed by atoms with Crippen molar-refractivity contribution in [3.8, 4) is 11.5 Å². The number of hydrogen-bond donors (Lipinski definition) is 1. The van der Waals surface area contributed by atoms with Crippen molar-refractivity contribution >= 4 is 5.97 Å². The monoisotopic (exact) mass is 385 g/mol. The molecule has 3 atom stereocenters. The molecular weight excluding hydrogens is 361 g/mol. The zero-order valence-corrected chi connectivity index (χ0v) is 16.0. The maximum absolute atomic E-state index is 14.3. The highest BCUT2D eigenvalue weighted by molar-refractivity contribution is 5.76. The van der Waals surface area contributed by atoms with Gasteiger partial charge in [0.1, 0.15) is 5.75 Å². The highest BCUT2D eigenvalue weighted by Crippen LogP contribution is 2.42. The van der Waals surface area contributed by atoms with E-state index in [1.165, 1.54) is 18.7 Å². The van der Waals surface area contributed by atoms with Crippen molar-refractivity contribution in [2.24, 2.45) is 5.92 Å². The maximum atomic E-state index is 14.3. The molecule has 0 saturated carbocycles. The van der Waals surface area contributed by atoms with Gasteiger partial charge in [-0.1, -0.05) is 18.2 Å². The summed E-state index contributed by atoms with van der Waals surface area (Å²) in [6.45, 7) is 3.41. The Morgan fingerprint density at radius 2 is 2.07 bits per heavy atom. The van der Waals surface area contributed by atoms with Gasteiger partial charge in [0.2, 0.25) is 0 Å². The molecule has 4 rings (SSSR count). The standard InChI is InChI=1S/C22H24FNO4/c1-3-27-22(25)20-16(13-4-6-18-14(10-13)8-9-28-18)12-24-21(20)15-5-7-19(26-2)17(23)11-15/h4-7,10-11,16,20-21,24H,3,8-9,12H2,1-2H3/t16-,20-,21+/m1/s1. The van der Waals surface area contributed by atoms with Crippen LogP contribution in [0.3, 0.4) is 0 Å². The molecule has 1 saturated heterocycles. The first kappa shape index (κ1) is 18.7. The van der Waals surface area contributed by atoms with E-state index in [1.54, 1.807) is 19.1 Å². The quantitative estimate of drug-likeness (QED) is 0.800. The van der Waals surface area contributed by atoms with Crippen LogP contribution in [0.4, 0.5) is 4.39 Å². The Hall–Kier alpha value is -2.60. The van der Waals surface area contributed by atoms with E-state index in [-0.39, 0.29) is 23.7 Å². The van der Waals surface area contributed by atoms with Gasteiger partial charge in [0.05, 0.1) is 26.2 Å². The highest BCUT2D eigenvalue weighted by Gasteiger charge is 2.43. The van der Waals surface area contributed by atoms with Crippen LogP contribution >= 0.6 is 0 Å². The van der Waals surface area contributed by atoms with Crippen molar-refractivity contribution in [2.75, 3.05) is 26.9 Å². The number of halogens is 1. The second-order valence-corrected chi connectivity index (χ2v) is 7.13. The molecule has 0 aliphatic carbocycles. The third-order valence-electron chi connectivity index (χ3n) is 5.59. The molecule has 2 aliphatic heterocycles. The van der Waals surface area contributed by atoms with Crippen LogP contribution in [-0.2, 0) is 16.0 Å². The fraction of sp³-hybridized carbons (Fsp3) is 0.409. The summed E-state index contributed by atoms with van der Waals surface area (Å²) < 4.78 is 30.2. The molecule has 0 spiro atoms. The normalized spacial score (nSPS) is 23.2. The Morgan fingerprint density at radius 3 is 2.82 bits per heavy atom. The molecule has 2 aromatic carbocycles. The van der Waals surface area contributed by atoms with Crippen LogP contribution in [0.5, 0.6) is 11.5 Å². The van der Waals surface area contributed by atoms with Crippen LogP contribution in [0.2, 0.25) is 0 Å². The summed E-state index contributed by atoms with van der Waals surface area (Å²) in [7, 11) is 1.43. The molecule has 148 valence electrons. The van der Waals surface area contributed by atoms with E-state index in [4.69, 9.17) is 14.2 Å². The number of benzene rings is 2. The Morgan fingerprint density at radius 1 is 1.25 bits per heavy atom. The van der Waals surface area contributed by atoms with Crippen LogP contribution in [0.25, 0.3) is 0 Å². The van der Waals surface area contributed by atoms with Gasteiger partial charge in [0, 0.05) is 24.9 Å². The minimum Gasteiger partial charge on any atom is -0.494 e. The Bertz CT molecular complexity index is 885. The minimum absolute atomic E-state index is 0.0555. The molecule has 0 bridgehead atoms. The number of esters is 1. The molecule has 0 unspecified atom stereocenters. The van der Waals surface area contributed by atoms with E-state index in [0.29, 0.717) is 25.3 Å². The summed E-state index contributed by atoms with van der Waals surface area (Å²) in [6, 6.07) is 10.6. The molecule has 0 aromatic heterocycles. The highest BCUT2D eigenvalue weighted by atomic mass is 19.1. The first-order valence-electron chi connectivity index (χ1n) is 9.61. The molecular formula is C22H24FNO4. The fourth-order valence-corrected chi connectivity index (χ4v) is 4.24. The molecule has 28 heavy (non-hydrogen) atoms. The molecule has 2 heterocycles. The van der Waals surface area contributed by atoms with Crippen LogP contribution < -0.4 is 14.8 Å². The second kappa shape index (κ2) is 7.80. The van der Waals surface area contributed by atoms with E-state index in [1.807, 2.05) is 12.1 Å². The number of ether oxygens (including phenoxy) is 3. The number of hydrogen-bond acceptors (Lipinski definition) is 5. The average molecular weight is 385 g/mol. The van der Waals surface area contributed by atoms with Gasteiger partial charge in [-0.15, -0.1) is 0 Å². The van der Waals surface area contributed by atoms with E-state index >= 15 is 0 Å². The number of carbonyl (C=O) groups is 1. The van der Waals surface area contributed by atoms with Crippen molar-refractivity contribution in [1.82, 2.24) is 5.32 Å². The number of fused-ring (bicyclic) bond motifs is 1. The van der Waals surface area contributed by atoms with Gasteiger partial charge in [-0.25, -0.2) is 4.39 Å². The average Bonchev–Trinajstić information content (AvgIpc) is 3.34. The predicted octanol–water partition coefficient (Wildman–Crippen LogP) is 3.38. The number of carbonyl (C=O) groups excluding carboxylic acids is 1. The largest absolute Gasteiger partial charge is 0.494 e. The van der Waals surface area contributed by atoms with E-state index in [9.17, 15) is 9.18 Å². The molecule has 0 radical (unpaired) electrons. The van der Waals surface area contributed by atoms with Crippen molar-refractivity contribution in [3.05, 3.63) is 58.9 Å². The van der Waals surface area contributed by atoms with Gasteiger partial charge in [-0.05, 0) is 41.8 Å². The molecule has 1 N–H and O–H groups in total. The molecule has 0 amide bonds. The van der Waals surface area contributed by atoms with E-state index in [2.05, 4.69) is 11.4 Å². The fourth-order valence-electron chi connectivity index (χ4n) is 4.24. The van der Waals surface area contributed by atoms with Crippen LogP contribution in [0.15, 0.2) is 36.4 Å². The maximum Gasteiger partial charge on any atom is 0.311 e. The van der Waals surface area contributed by atoms with Gasteiger partial charge in [0.25, 0.3) is 0 Å². The van der Waals surface area contributed by atoms with Crippen LogP contribution in [-0.4, -0.2) is 32.8 Å². The van der Waals surface area contributed by atoms with Gasteiger partial charge >= 0.3 is 5.97 Å². The number of methoxy groups -OCH3 is 1. The van der Waals surface area contributed by atoms with Crippen molar-refractivity contribution < 1.29 is 23.4 Å². The van der Waals surface area contributed by atoms with Gasteiger partial charge in [-0.3, -0.25) is 4.79 Å². The third-order valence-corrected chi connectivity index (χ3v) is 5.59. The number of rotatable bonds is 5. The molecule has 6 heteroatoms. The van der Waals surface area contributed by atoms with E-state index < -0.39 is 11.7 Å². The first-order valence-corrected chi connectivity index (χ1v) is 9.61.